The Morgan fingerprint density at radius 3 is 2.11 bits per heavy atom. The van der Waals surface area contributed by atoms with Crippen molar-refractivity contribution >= 4 is 0 Å². The molecule has 0 aliphatic rings. The van der Waals surface area contributed by atoms with E-state index in [1.54, 1.807) is 24.5 Å². The summed E-state index contributed by atoms with van der Waals surface area (Å²) < 4.78 is 40.0. The summed E-state index contributed by atoms with van der Waals surface area (Å²) in [6, 6.07) is 19.6. The Kier molecular flexibility index (Phi) is 6.24. The second-order valence-electron chi connectivity index (χ2n) is 6.46. The summed E-state index contributed by atoms with van der Waals surface area (Å²) >= 11 is 0. The summed E-state index contributed by atoms with van der Waals surface area (Å²) in [5.74, 6) is 0. The lowest BCUT2D eigenvalue weighted by Crippen LogP contribution is -2.26. The van der Waals surface area contributed by atoms with Crippen LogP contribution < -0.4 is 0 Å². The zero-order valence-corrected chi connectivity index (χ0v) is 14.9. The monoisotopic (exact) mass is 370 g/mol. The average Bonchev–Trinajstić information content (AvgIpc) is 2.67. The van der Waals surface area contributed by atoms with Crippen LogP contribution in [0.25, 0.3) is 0 Å². The molecule has 3 rings (SSSR count). The number of benzene rings is 2. The Hall–Kier alpha value is -2.66. The third kappa shape index (κ3) is 5.66. The van der Waals surface area contributed by atoms with Gasteiger partial charge in [0, 0.05) is 32.0 Å². The highest BCUT2D eigenvalue weighted by Gasteiger charge is 2.33. The molecule has 1 heterocycles. The summed E-state index contributed by atoms with van der Waals surface area (Å²) in [6.07, 6.45) is -0.165. The number of alkyl halides is 3. The molecular formula is C22H21F3N2. The standard InChI is InChI=1S/C22H21F3N2/c23-22(24,25)21-9-5-4-8-20(21)17-27(16-19-10-13-26-14-11-19)15-12-18-6-2-1-3-7-18/h1-11,13-14H,12,15-17H2. The van der Waals surface area contributed by atoms with Crippen LogP contribution in [0.4, 0.5) is 13.2 Å². The van der Waals surface area contributed by atoms with E-state index in [9.17, 15) is 13.2 Å². The van der Waals surface area contributed by atoms with E-state index in [2.05, 4.69) is 4.98 Å². The molecule has 0 amide bonds. The predicted molar refractivity (Wildman–Crippen MR) is 99.9 cm³/mol. The number of nitrogens with zero attached hydrogens (tertiary/aromatic N) is 2. The number of aromatic nitrogens is 1. The van der Waals surface area contributed by atoms with Gasteiger partial charge in [0.05, 0.1) is 5.56 Å². The second kappa shape index (κ2) is 8.82. The zero-order valence-electron chi connectivity index (χ0n) is 14.9. The van der Waals surface area contributed by atoms with E-state index in [1.165, 1.54) is 11.6 Å². The van der Waals surface area contributed by atoms with Gasteiger partial charge in [0.2, 0.25) is 0 Å². The summed E-state index contributed by atoms with van der Waals surface area (Å²) in [5.41, 5.74) is 1.93. The molecule has 5 heteroatoms. The first-order valence-corrected chi connectivity index (χ1v) is 8.82. The molecule has 0 saturated carbocycles. The van der Waals surface area contributed by atoms with Crippen LogP contribution in [0.1, 0.15) is 22.3 Å². The molecule has 0 fully saturated rings. The lowest BCUT2D eigenvalue weighted by atomic mass is 10.1. The number of pyridine rings is 1. The molecule has 1 aromatic heterocycles. The Morgan fingerprint density at radius 2 is 1.41 bits per heavy atom. The van der Waals surface area contributed by atoms with Crippen LogP contribution in [0.3, 0.4) is 0 Å². The average molecular weight is 370 g/mol. The largest absolute Gasteiger partial charge is 0.416 e. The van der Waals surface area contributed by atoms with Gasteiger partial charge in [0.1, 0.15) is 0 Å². The molecule has 0 bridgehead atoms. The van der Waals surface area contributed by atoms with Crippen LogP contribution in [-0.2, 0) is 25.7 Å². The van der Waals surface area contributed by atoms with Gasteiger partial charge in [-0.2, -0.15) is 13.2 Å². The lowest BCUT2D eigenvalue weighted by Gasteiger charge is -2.24. The topological polar surface area (TPSA) is 16.1 Å². The Morgan fingerprint density at radius 1 is 0.741 bits per heavy atom. The first-order valence-electron chi connectivity index (χ1n) is 8.82. The van der Waals surface area contributed by atoms with Crippen molar-refractivity contribution in [2.24, 2.45) is 0 Å². The van der Waals surface area contributed by atoms with Crippen molar-refractivity contribution in [3.8, 4) is 0 Å². The Balaban J connectivity index is 1.79. The van der Waals surface area contributed by atoms with E-state index in [0.29, 0.717) is 18.7 Å². The van der Waals surface area contributed by atoms with Crippen molar-refractivity contribution < 1.29 is 13.2 Å². The summed E-state index contributed by atoms with van der Waals surface area (Å²) in [7, 11) is 0. The van der Waals surface area contributed by atoms with Crippen LogP contribution in [0.15, 0.2) is 79.1 Å². The molecule has 2 aromatic carbocycles. The molecule has 0 aliphatic heterocycles. The highest BCUT2D eigenvalue weighted by molar-refractivity contribution is 5.29. The number of hydrogen-bond acceptors (Lipinski definition) is 2. The fourth-order valence-corrected chi connectivity index (χ4v) is 3.07. The van der Waals surface area contributed by atoms with Gasteiger partial charge in [-0.1, -0.05) is 48.5 Å². The lowest BCUT2D eigenvalue weighted by molar-refractivity contribution is -0.138. The molecule has 0 unspecified atom stereocenters. The maximum absolute atomic E-state index is 13.3. The highest BCUT2D eigenvalue weighted by Crippen LogP contribution is 2.32. The van der Waals surface area contributed by atoms with Gasteiger partial charge in [0.25, 0.3) is 0 Å². The Bertz CT molecular complexity index is 833. The van der Waals surface area contributed by atoms with Gasteiger partial charge < -0.3 is 0 Å². The van der Waals surface area contributed by atoms with Gasteiger partial charge >= 0.3 is 6.18 Å². The van der Waals surface area contributed by atoms with E-state index in [-0.39, 0.29) is 6.54 Å². The molecule has 27 heavy (non-hydrogen) atoms. The van der Waals surface area contributed by atoms with Crippen molar-refractivity contribution in [1.29, 1.82) is 0 Å². The molecular weight excluding hydrogens is 349 g/mol. The van der Waals surface area contributed by atoms with Crippen LogP contribution in [-0.4, -0.2) is 16.4 Å². The summed E-state index contributed by atoms with van der Waals surface area (Å²) in [5, 5.41) is 0. The Labute approximate surface area is 157 Å². The minimum atomic E-state index is -4.35. The maximum atomic E-state index is 13.3. The van der Waals surface area contributed by atoms with E-state index < -0.39 is 11.7 Å². The molecule has 0 spiro atoms. The van der Waals surface area contributed by atoms with E-state index >= 15 is 0 Å². The first-order chi connectivity index (χ1) is 13.0. The number of hydrogen-bond donors (Lipinski definition) is 0. The SMILES string of the molecule is FC(F)(F)c1ccccc1CN(CCc1ccccc1)Cc1ccncc1. The van der Waals surface area contributed by atoms with Gasteiger partial charge in [-0.25, -0.2) is 0 Å². The molecule has 0 N–H and O–H groups in total. The van der Waals surface area contributed by atoms with E-state index in [4.69, 9.17) is 0 Å². The number of halogens is 3. The third-order valence-electron chi connectivity index (χ3n) is 4.43. The smallest absolute Gasteiger partial charge is 0.294 e. The van der Waals surface area contributed by atoms with Crippen molar-refractivity contribution in [3.63, 3.8) is 0 Å². The summed E-state index contributed by atoms with van der Waals surface area (Å²) in [6.45, 7) is 1.48. The quantitative estimate of drug-likeness (QED) is 0.558. The fraction of sp³-hybridized carbons (Fsp3) is 0.227. The minimum Gasteiger partial charge on any atom is -0.294 e. The van der Waals surface area contributed by atoms with Gasteiger partial charge in [-0.15, -0.1) is 0 Å². The van der Waals surface area contributed by atoms with E-state index in [0.717, 1.165) is 18.1 Å². The predicted octanol–water partition coefficient (Wildman–Crippen LogP) is 5.35. The van der Waals surface area contributed by atoms with E-state index in [1.807, 2.05) is 47.4 Å². The van der Waals surface area contributed by atoms with Crippen molar-refractivity contribution in [1.82, 2.24) is 9.88 Å². The molecule has 0 saturated heterocycles. The van der Waals surface area contributed by atoms with Crippen LogP contribution in [0.5, 0.6) is 0 Å². The first kappa shape index (κ1) is 19.1. The van der Waals surface area contributed by atoms with Crippen molar-refractivity contribution in [3.05, 3.63) is 101 Å². The highest BCUT2D eigenvalue weighted by atomic mass is 19.4. The third-order valence-corrected chi connectivity index (χ3v) is 4.43. The normalized spacial score (nSPS) is 11.7. The maximum Gasteiger partial charge on any atom is 0.416 e. The van der Waals surface area contributed by atoms with Gasteiger partial charge in [-0.3, -0.25) is 9.88 Å². The molecule has 140 valence electrons. The molecule has 0 radical (unpaired) electrons. The molecule has 2 nitrogen and oxygen atoms in total. The molecule has 0 aliphatic carbocycles. The minimum absolute atomic E-state index is 0.241. The van der Waals surface area contributed by atoms with Crippen LogP contribution >= 0.6 is 0 Å². The van der Waals surface area contributed by atoms with Crippen LogP contribution in [0, 0.1) is 0 Å². The molecule has 0 atom stereocenters. The van der Waals surface area contributed by atoms with Crippen molar-refractivity contribution in [2.45, 2.75) is 25.7 Å². The fourth-order valence-electron chi connectivity index (χ4n) is 3.07. The summed E-state index contributed by atoms with van der Waals surface area (Å²) in [4.78, 5) is 6.06. The molecule has 3 aromatic rings. The van der Waals surface area contributed by atoms with Crippen molar-refractivity contribution in [2.75, 3.05) is 6.54 Å². The van der Waals surface area contributed by atoms with Crippen LogP contribution in [0.2, 0.25) is 0 Å². The zero-order chi connectivity index (χ0) is 19.1. The number of rotatable bonds is 7. The second-order valence-corrected chi connectivity index (χ2v) is 6.46. The van der Waals surface area contributed by atoms with Gasteiger partial charge in [-0.05, 0) is 41.3 Å². The van der Waals surface area contributed by atoms with Gasteiger partial charge in [0.15, 0.2) is 0 Å².